The molecule has 0 spiro atoms. The first-order chi connectivity index (χ1) is 11.9. The van der Waals surface area contributed by atoms with E-state index in [1.165, 1.54) is 31.2 Å². The van der Waals surface area contributed by atoms with Gasteiger partial charge in [0.25, 0.3) is 0 Å². The second kappa shape index (κ2) is 6.20. The average molecular weight is 334 g/mol. The number of ketones is 1. The zero-order valence-corrected chi connectivity index (χ0v) is 13.3. The van der Waals surface area contributed by atoms with Gasteiger partial charge in [0.1, 0.15) is 0 Å². The van der Waals surface area contributed by atoms with Gasteiger partial charge in [-0.25, -0.2) is 9.59 Å². The summed E-state index contributed by atoms with van der Waals surface area (Å²) < 4.78 is 0. The quantitative estimate of drug-likeness (QED) is 0.873. The Hall–Kier alpha value is -3.47. The Morgan fingerprint density at radius 2 is 1.16 bits per heavy atom. The Morgan fingerprint density at radius 1 is 0.720 bits per heavy atom. The Morgan fingerprint density at radius 3 is 1.56 bits per heavy atom. The van der Waals surface area contributed by atoms with E-state index < -0.39 is 11.9 Å². The normalized spacial score (nSPS) is 13.1. The van der Waals surface area contributed by atoms with Gasteiger partial charge in [0.15, 0.2) is 5.78 Å². The number of rotatable bonds is 5. The topological polar surface area (TPSA) is 91.7 Å². The third kappa shape index (κ3) is 2.99. The minimum Gasteiger partial charge on any atom is -0.478 e. The number of carboxylic acids is 2. The summed E-state index contributed by atoms with van der Waals surface area (Å²) in [5.41, 5.74) is 4.04. The molecule has 0 atom stereocenters. The van der Waals surface area contributed by atoms with Crippen molar-refractivity contribution in [2.75, 3.05) is 0 Å². The monoisotopic (exact) mass is 334 g/mol. The lowest BCUT2D eigenvalue weighted by atomic mass is 9.78. The van der Waals surface area contributed by atoms with Crippen LogP contribution in [0.4, 0.5) is 0 Å². The number of benzene rings is 2. The number of carboxylic acid groups (broad SMARTS) is 2. The highest BCUT2D eigenvalue weighted by Gasteiger charge is 2.26. The van der Waals surface area contributed by atoms with Crippen LogP contribution in [0.5, 0.6) is 0 Å². The number of carbonyl (C=O) groups is 3. The molecule has 25 heavy (non-hydrogen) atoms. The first-order valence-corrected chi connectivity index (χ1v) is 7.53. The number of hydrogen-bond acceptors (Lipinski definition) is 3. The largest absolute Gasteiger partial charge is 0.478 e. The summed E-state index contributed by atoms with van der Waals surface area (Å²) in [4.78, 5) is 33.8. The van der Waals surface area contributed by atoms with E-state index in [4.69, 9.17) is 10.2 Å². The zero-order valence-electron chi connectivity index (χ0n) is 13.3. The molecule has 5 nitrogen and oxygen atoms in total. The highest BCUT2D eigenvalue weighted by atomic mass is 16.4. The molecule has 1 aliphatic carbocycles. The van der Waals surface area contributed by atoms with Crippen molar-refractivity contribution in [2.45, 2.75) is 6.92 Å². The molecule has 0 bridgehead atoms. The fraction of sp³-hybridized carbons (Fsp3) is 0.0500. The number of aromatic carboxylic acids is 2. The van der Waals surface area contributed by atoms with Crippen molar-refractivity contribution in [1.29, 1.82) is 0 Å². The van der Waals surface area contributed by atoms with Gasteiger partial charge in [-0.15, -0.1) is 0 Å². The van der Waals surface area contributed by atoms with E-state index >= 15 is 0 Å². The molecule has 0 saturated carbocycles. The standard InChI is InChI=1S/C20H14O5/c1-11(21)16-10-17(12-2-6-14(7-3-12)19(22)23)18(16)13-4-8-15(9-5-13)20(24)25/h2-10H,1H3,(H,22,23)(H,24,25). The van der Waals surface area contributed by atoms with Crippen LogP contribution in [0.1, 0.15) is 38.8 Å². The molecule has 124 valence electrons. The lowest BCUT2D eigenvalue weighted by molar-refractivity contribution is -0.113. The molecule has 0 amide bonds. The highest BCUT2D eigenvalue weighted by molar-refractivity contribution is 6.24. The summed E-state index contributed by atoms with van der Waals surface area (Å²) in [6.07, 6.45) is 1.76. The van der Waals surface area contributed by atoms with Crippen LogP contribution in [-0.2, 0) is 4.79 Å². The number of allylic oxidation sites excluding steroid dienone is 4. The first kappa shape index (κ1) is 16.4. The van der Waals surface area contributed by atoms with Gasteiger partial charge in [-0.3, -0.25) is 4.79 Å². The van der Waals surface area contributed by atoms with E-state index in [-0.39, 0.29) is 16.9 Å². The van der Waals surface area contributed by atoms with Crippen molar-refractivity contribution in [3.63, 3.8) is 0 Å². The molecule has 0 radical (unpaired) electrons. The molecule has 5 heteroatoms. The van der Waals surface area contributed by atoms with Gasteiger partial charge in [0.2, 0.25) is 0 Å². The van der Waals surface area contributed by atoms with E-state index in [9.17, 15) is 14.4 Å². The van der Waals surface area contributed by atoms with Crippen LogP contribution in [0, 0.1) is 0 Å². The Bertz CT molecular complexity index is 945. The Kier molecular flexibility index (Phi) is 4.07. The van der Waals surface area contributed by atoms with Crippen LogP contribution < -0.4 is 0 Å². The first-order valence-electron chi connectivity index (χ1n) is 7.53. The fourth-order valence-electron chi connectivity index (χ4n) is 2.74. The Balaban J connectivity index is 2.04. The summed E-state index contributed by atoms with van der Waals surface area (Å²) >= 11 is 0. The lowest BCUT2D eigenvalue weighted by Gasteiger charge is -2.24. The predicted octanol–water partition coefficient (Wildman–Crippen LogP) is 3.52. The van der Waals surface area contributed by atoms with Crippen molar-refractivity contribution in [3.05, 3.63) is 82.4 Å². The van der Waals surface area contributed by atoms with Crippen molar-refractivity contribution in [3.8, 4) is 0 Å². The number of carbonyl (C=O) groups excluding carboxylic acids is 1. The van der Waals surface area contributed by atoms with Gasteiger partial charge in [-0.1, -0.05) is 24.3 Å². The summed E-state index contributed by atoms with van der Waals surface area (Å²) in [7, 11) is 0. The molecule has 0 aromatic heterocycles. The van der Waals surface area contributed by atoms with Gasteiger partial charge < -0.3 is 10.2 Å². The van der Waals surface area contributed by atoms with E-state index in [2.05, 4.69) is 0 Å². The van der Waals surface area contributed by atoms with Crippen molar-refractivity contribution in [2.24, 2.45) is 0 Å². The van der Waals surface area contributed by atoms with E-state index in [0.29, 0.717) is 5.57 Å². The van der Waals surface area contributed by atoms with Crippen LogP contribution in [0.2, 0.25) is 0 Å². The van der Waals surface area contributed by atoms with Gasteiger partial charge in [-0.2, -0.15) is 0 Å². The van der Waals surface area contributed by atoms with Gasteiger partial charge in [-0.05, 0) is 54.0 Å². The number of Topliss-reactive ketones (excluding diaryl/α,β-unsaturated/α-hetero) is 1. The van der Waals surface area contributed by atoms with Crippen LogP contribution >= 0.6 is 0 Å². The molecule has 0 aliphatic heterocycles. The highest BCUT2D eigenvalue weighted by Crippen LogP contribution is 2.42. The maximum Gasteiger partial charge on any atom is 0.335 e. The second-order valence-electron chi connectivity index (χ2n) is 5.67. The molecule has 1 aliphatic rings. The van der Waals surface area contributed by atoms with E-state index in [1.54, 1.807) is 30.3 Å². The van der Waals surface area contributed by atoms with E-state index in [0.717, 1.165) is 22.3 Å². The van der Waals surface area contributed by atoms with Gasteiger partial charge in [0.05, 0.1) is 11.1 Å². The predicted molar refractivity (Wildman–Crippen MR) is 92.4 cm³/mol. The lowest BCUT2D eigenvalue weighted by Crippen LogP contribution is -2.10. The van der Waals surface area contributed by atoms with Crippen LogP contribution in [0.25, 0.3) is 11.1 Å². The molecule has 0 saturated heterocycles. The second-order valence-corrected chi connectivity index (χ2v) is 5.67. The summed E-state index contributed by atoms with van der Waals surface area (Å²) in [6.45, 7) is 1.47. The Labute approximate surface area is 143 Å². The van der Waals surface area contributed by atoms with Crippen LogP contribution in [0.15, 0.2) is 60.2 Å². The van der Waals surface area contributed by atoms with Gasteiger partial charge >= 0.3 is 11.9 Å². The molecular weight excluding hydrogens is 320 g/mol. The van der Waals surface area contributed by atoms with Crippen LogP contribution in [-0.4, -0.2) is 27.9 Å². The minimum atomic E-state index is -1.01. The molecule has 2 aromatic rings. The van der Waals surface area contributed by atoms with Crippen LogP contribution in [0.3, 0.4) is 0 Å². The molecule has 2 aromatic carbocycles. The number of hydrogen-bond donors (Lipinski definition) is 2. The maximum atomic E-state index is 11.8. The zero-order chi connectivity index (χ0) is 18.1. The summed E-state index contributed by atoms with van der Waals surface area (Å²) in [5, 5.41) is 18.0. The fourth-order valence-corrected chi connectivity index (χ4v) is 2.74. The minimum absolute atomic E-state index is 0.0804. The molecule has 2 N–H and O–H groups in total. The SMILES string of the molecule is CC(=O)C1=CC(c2ccc(C(=O)O)cc2)=C1c1ccc(C(=O)O)cc1. The third-order valence-electron chi connectivity index (χ3n) is 4.07. The smallest absolute Gasteiger partial charge is 0.335 e. The summed E-state index contributed by atoms with van der Waals surface area (Å²) in [5.74, 6) is -2.09. The third-order valence-corrected chi connectivity index (χ3v) is 4.07. The van der Waals surface area contributed by atoms with Crippen molar-refractivity contribution >= 4 is 28.9 Å². The summed E-state index contributed by atoms with van der Waals surface area (Å²) in [6, 6.07) is 12.7. The maximum absolute atomic E-state index is 11.8. The van der Waals surface area contributed by atoms with Gasteiger partial charge in [0, 0.05) is 11.1 Å². The molecule has 0 unspecified atom stereocenters. The molecule has 0 heterocycles. The van der Waals surface area contributed by atoms with Crippen molar-refractivity contribution in [1.82, 2.24) is 0 Å². The van der Waals surface area contributed by atoms with Crippen molar-refractivity contribution < 1.29 is 24.6 Å². The average Bonchev–Trinajstić information content (AvgIpc) is 2.54. The molecule has 0 fully saturated rings. The molecular formula is C20H14O5. The molecule has 3 rings (SSSR count). The van der Waals surface area contributed by atoms with E-state index in [1.807, 2.05) is 0 Å².